The molecule has 0 radical (unpaired) electrons. The van der Waals surface area contributed by atoms with Crippen molar-refractivity contribution < 1.29 is 4.74 Å². The second-order valence-electron chi connectivity index (χ2n) is 8.12. The maximum absolute atomic E-state index is 5.67. The SMILES string of the molecule is CC/C(C)=C(\C=C/NC)C(=N/C)/c1nc(N2CCOC[C@H]2C)cc(/C(C)=C/C=N\C)c1C. The lowest BCUT2D eigenvalue weighted by Gasteiger charge is -2.35. The molecule has 2 heterocycles. The third-order valence-corrected chi connectivity index (χ3v) is 5.93. The smallest absolute Gasteiger partial charge is 0.130 e. The molecule has 6 heteroatoms. The summed E-state index contributed by atoms with van der Waals surface area (Å²) in [7, 11) is 5.54. The Balaban J connectivity index is 2.79. The molecule has 2 rings (SSSR count). The number of hydrogen-bond donors (Lipinski definition) is 1. The van der Waals surface area contributed by atoms with Crippen molar-refractivity contribution in [2.75, 3.05) is 45.8 Å². The number of rotatable bonds is 8. The van der Waals surface area contributed by atoms with E-state index in [1.165, 1.54) is 5.57 Å². The van der Waals surface area contributed by atoms with Gasteiger partial charge in [0.2, 0.25) is 0 Å². The Hall–Kier alpha value is -2.73. The largest absolute Gasteiger partial charge is 0.394 e. The Morgan fingerprint density at radius 1 is 1.34 bits per heavy atom. The molecule has 1 aromatic rings. The molecular weight excluding hydrogens is 398 g/mol. The van der Waals surface area contributed by atoms with E-state index in [0.29, 0.717) is 13.2 Å². The number of ether oxygens (including phenoxy) is 1. The predicted octanol–water partition coefficient (Wildman–Crippen LogP) is 4.60. The fourth-order valence-corrected chi connectivity index (χ4v) is 3.86. The zero-order valence-corrected chi connectivity index (χ0v) is 21.0. The van der Waals surface area contributed by atoms with Crippen LogP contribution in [-0.4, -0.2) is 63.9 Å². The van der Waals surface area contributed by atoms with Gasteiger partial charge in [0.15, 0.2) is 0 Å². The highest BCUT2D eigenvalue weighted by atomic mass is 16.5. The Morgan fingerprint density at radius 3 is 2.69 bits per heavy atom. The first-order valence-corrected chi connectivity index (χ1v) is 11.4. The van der Waals surface area contributed by atoms with Gasteiger partial charge in [-0.3, -0.25) is 9.98 Å². The number of aliphatic imine (C=N–C) groups is 2. The minimum atomic E-state index is 0.264. The Labute approximate surface area is 193 Å². The lowest BCUT2D eigenvalue weighted by molar-refractivity contribution is 0.0985. The van der Waals surface area contributed by atoms with Crippen molar-refractivity contribution in [3.63, 3.8) is 0 Å². The van der Waals surface area contributed by atoms with Crippen molar-refractivity contribution in [1.82, 2.24) is 10.3 Å². The first-order valence-electron chi connectivity index (χ1n) is 11.4. The van der Waals surface area contributed by atoms with Gasteiger partial charge in [0.1, 0.15) is 5.82 Å². The quantitative estimate of drug-likeness (QED) is 0.477. The topological polar surface area (TPSA) is 62.1 Å². The van der Waals surface area contributed by atoms with Crippen LogP contribution in [0, 0.1) is 6.92 Å². The van der Waals surface area contributed by atoms with Crippen molar-refractivity contribution in [2.45, 2.75) is 47.1 Å². The summed E-state index contributed by atoms with van der Waals surface area (Å²) in [5.41, 5.74) is 7.64. The summed E-state index contributed by atoms with van der Waals surface area (Å²) < 4.78 is 5.67. The normalized spacial score (nSPS) is 19.1. The Kier molecular flexibility index (Phi) is 9.85. The maximum Gasteiger partial charge on any atom is 0.130 e. The van der Waals surface area contributed by atoms with Crippen LogP contribution in [0.5, 0.6) is 0 Å². The molecule has 0 bridgehead atoms. The predicted molar refractivity (Wildman–Crippen MR) is 138 cm³/mol. The summed E-state index contributed by atoms with van der Waals surface area (Å²) in [6, 6.07) is 2.46. The molecule has 1 saturated heterocycles. The molecule has 1 N–H and O–H groups in total. The lowest BCUT2D eigenvalue weighted by Crippen LogP contribution is -2.44. The van der Waals surface area contributed by atoms with E-state index < -0.39 is 0 Å². The number of anilines is 1. The van der Waals surface area contributed by atoms with Crippen LogP contribution in [-0.2, 0) is 4.74 Å². The highest BCUT2D eigenvalue weighted by molar-refractivity contribution is 6.15. The van der Waals surface area contributed by atoms with Gasteiger partial charge in [0.05, 0.1) is 30.7 Å². The van der Waals surface area contributed by atoms with E-state index in [0.717, 1.165) is 52.5 Å². The number of hydrogen-bond acceptors (Lipinski definition) is 6. The van der Waals surface area contributed by atoms with Gasteiger partial charge in [-0.2, -0.15) is 0 Å². The second-order valence-corrected chi connectivity index (χ2v) is 8.12. The molecular formula is C26H39N5O. The summed E-state index contributed by atoms with van der Waals surface area (Å²) in [5, 5.41) is 3.11. The molecule has 6 nitrogen and oxygen atoms in total. The summed E-state index contributed by atoms with van der Waals surface area (Å²) in [6.45, 7) is 13.0. The molecule has 1 atom stereocenters. The molecule has 1 aromatic heterocycles. The number of aromatic nitrogens is 1. The van der Waals surface area contributed by atoms with E-state index in [4.69, 9.17) is 14.7 Å². The van der Waals surface area contributed by atoms with Crippen LogP contribution >= 0.6 is 0 Å². The molecule has 174 valence electrons. The number of pyridine rings is 1. The van der Waals surface area contributed by atoms with E-state index in [1.807, 2.05) is 26.5 Å². The number of nitrogens with one attached hydrogen (secondary N) is 1. The average Bonchev–Trinajstić information content (AvgIpc) is 2.80. The minimum Gasteiger partial charge on any atom is -0.394 e. The van der Waals surface area contributed by atoms with Crippen molar-refractivity contribution in [3.8, 4) is 0 Å². The van der Waals surface area contributed by atoms with E-state index in [1.54, 1.807) is 7.05 Å². The first-order chi connectivity index (χ1) is 15.4. The van der Waals surface area contributed by atoms with E-state index in [2.05, 4.69) is 68.0 Å². The second kappa shape index (κ2) is 12.3. The fraction of sp³-hybridized carbons (Fsp3) is 0.500. The van der Waals surface area contributed by atoms with Gasteiger partial charge in [0, 0.05) is 39.5 Å². The van der Waals surface area contributed by atoms with Crippen LogP contribution in [0.1, 0.15) is 50.9 Å². The van der Waals surface area contributed by atoms with Gasteiger partial charge in [-0.15, -0.1) is 0 Å². The molecule has 0 spiro atoms. The number of nitrogens with zero attached hydrogens (tertiary/aromatic N) is 4. The van der Waals surface area contributed by atoms with Crippen LogP contribution < -0.4 is 10.2 Å². The molecule has 0 unspecified atom stereocenters. The van der Waals surface area contributed by atoms with Crippen molar-refractivity contribution in [2.24, 2.45) is 9.98 Å². The van der Waals surface area contributed by atoms with E-state index in [-0.39, 0.29) is 6.04 Å². The average molecular weight is 438 g/mol. The maximum atomic E-state index is 5.67. The van der Waals surface area contributed by atoms with Gasteiger partial charge in [-0.25, -0.2) is 4.98 Å². The molecule has 1 aliphatic rings. The highest BCUT2D eigenvalue weighted by Gasteiger charge is 2.24. The number of morpholine rings is 1. The van der Waals surface area contributed by atoms with Gasteiger partial charge in [0.25, 0.3) is 0 Å². The molecule has 0 amide bonds. The van der Waals surface area contributed by atoms with Crippen LogP contribution in [0.25, 0.3) is 5.57 Å². The summed E-state index contributed by atoms with van der Waals surface area (Å²) >= 11 is 0. The Bertz CT molecular complexity index is 940. The van der Waals surface area contributed by atoms with Gasteiger partial charge in [-0.05, 0) is 75.2 Å². The van der Waals surface area contributed by atoms with Crippen molar-refractivity contribution >= 4 is 23.3 Å². The fourth-order valence-electron chi connectivity index (χ4n) is 3.86. The standard InChI is InChI=1S/C26H39N5O/c1-9-18(2)22(11-13-28-7)26(29-8)25-21(5)23(19(3)10-12-27-6)16-24(30-25)31-14-15-32-17-20(31)4/h10-13,16,20,28H,9,14-15,17H2,1-8H3/b13-11-,19-10+,22-18+,27-12-,29-26-/t20-/m1/s1. The summed E-state index contributed by atoms with van der Waals surface area (Å²) in [5.74, 6) is 0.963. The van der Waals surface area contributed by atoms with Crippen LogP contribution in [0.4, 0.5) is 5.82 Å². The molecule has 0 aromatic carbocycles. The van der Waals surface area contributed by atoms with E-state index >= 15 is 0 Å². The van der Waals surface area contributed by atoms with Crippen LogP contribution in [0.3, 0.4) is 0 Å². The zero-order chi connectivity index (χ0) is 23.7. The summed E-state index contributed by atoms with van der Waals surface area (Å²) in [4.78, 5) is 16.4. The third-order valence-electron chi connectivity index (χ3n) is 5.93. The van der Waals surface area contributed by atoms with Gasteiger partial charge >= 0.3 is 0 Å². The summed E-state index contributed by atoms with van der Waals surface area (Å²) in [6.07, 6.45) is 8.88. The first kappa shape index (κ1) is 25.5. The zero-order valence-electron chi connectivity index (χ0n) is 21.0. The molecule has 0 aliphatic carbocycles. The van der Waals surface area contributed by atoms with Crippen LogP contribution in [0.15, 0.2) is 45.5 Å². The number of allylic oxidation sites excluding steroid dienone is 5. The van der Waals surface area contributed by atoms with Gasteiger partial charge in [-0.1, -0.05) is 12.5 Å². The minimum absolute atomic E-state index is 0.264. The Morgan fingerprint density at radius 2 is 2.09 bits per heavy atom. The monoisotopic (exact) mass is 437 g/mol. The van der Waals surface area contributed by atoms with Crippen molar-refractivity contribution in [3.05, 3.63) is 52.4 Å². The van der Waals surface area contributed by atoms with Crippen LogP contribution in [0.2, 0.25) is 0 Å². The lowest BCUT2D eigenvalue weighted by atomic mass is 9.93. The molecule has 0 saturated carbocycles. The molecule has 32 heavy (non-hydrogen) atoms. The van der Waals surface area contributed by atoms with Gasteiger partial charge < -0.3 is 15.0 Å². The third kappa shape index (κ3) is 5.94. The highest BCUT2D eigenvalue weighted by Crippen LogP contribution is 2.30. The van der Waals surface area contributed by atoms with E-state index in [9.17, 15) is 0 Å². The molecule has 1 fully saturated rings. The van der Waals surface area contributed by atoms with Crippen molar-refractivity contribution in [1.29, 1.82) is 0 Å². The molecule has 1 aliphatic heterocycles.